The Morgan fingerprint density at radius 3 is 2.24 bits per heavy atom. The van der Waals surface area contributed by atoms with Crippen LogP contribution in [0.3, 0.4) is 0 Å². The van der Waals surface area contributed by atoms with Crippen LogP contribution in [-0.2, 0) is 0 Å². The van der Waals surface area contributed by atoms with Crippen LogP contribution in [0, 0.1) is 0 Å². The summed E-state index contributed by atoms with van der Waals surface area (Å²) >= 11 is 1.71. The maximum absolute atomic E-state index is 12.6. The lowest BCUT2D eigenvalue weighted by Crippen LogP contribution is -2.32. The Morgan fingerprint density at radius 2 is 1.76 bits per heavy atom. The smallest absolute Gasteiger partial charge is 0.263 e. The van der Waals surface area contributed by atoms with E-state index in [9.17, 15) is 8.78 Å². The molecule has 0 amide bonds. The molecule has 114 valence electrons. The zero-order valence-electron chi connectivity index (χ0n) is 12.2. The van der Waals surface area contributed by atoms with Crippen molar-refractivity contribution in [2.45, 2.75) is 25.4 Å². The molecule has 2 nitrogen and oxygen atoms in total. The summed E-state index contributed by atoms with van der Waals surface area (Å²) in [5, 5.41) is 2.05. The second-order valence-electron chi connectivity index (χ2n) is 5.08. The third kappa shape index (κ3) is 3.67. The van der Waals surface area contributed by atoms with Crippen LogP contribution in [0.2, 0.25) is 0 Å². The molecule has 1 heterocycles. The highest BCUT2D eigenvalue weighted by molar-refractivity contribution is 7.10. The van der Waals surface area contributed by atoms with Gasteiger partial charge in [-0.3, -0.25) is 4.90 Å². The van der Waals surface area contributed by atoms with Crippen molar-refractivity contribution in [3.8, 4) is 0 Å². The fourth-order valence-corrected chi connectivity index (χ4v) is 3.24. The normalized spacial score (nSPS) is 14.6. The van der Waals surface area contributed by atoms with Gasteiger partial charge in [0.2, 0.25) is 0 Å². The topological polar surface area (TPSA) is 29.3 Å². The molecule has 1 aromatic heterocycles. The molecule has 0 aliphatic carbocycles. The third-order valence-electron chi connectivity index (χ3n) is 3.85. The molecule has 0 aliphatic rings. The Morgan fingerprint density at radius 1 is 1.14 bits per heavy atom. The van der Waals surface area contributed by atoms with Gasteiger partial charge in [0.1, 0.15) is 0 Å². The van der Waals surface area contributed by atoms with Crippen LogP contribution < -0.4 is 5.73 Å². The predicted molar refractivity (Wildman–Crippen MR) is 83.7 cm³/mol. The van der Waals surface area contributed by atoms with E-state index in [1.165, 1.54) is 17.0 Å². The molecule has 0 spiro atoms. The minimum Gasteiger partial charge on any atom is -0.329 e. The van der Waals surface area contributed by atoms with Crippen LogP contribution in [0.4, 0.5) is 8.78 Å². The molecule has 5 heteroatoms. The van der Waals surface area contributed by atoms with E-state index in [1.54, 1.807) is 23.5 Å². The largest absolute Gasteiger partial charge is 0.329 e. The van der Waals surface area contributed by atoms with Crippen LogP contribution in [0.1, 0.15) is 41.4 Å². The van der Waals surface area contributed by atoms with E-state index in [2.05, 4.69) is 23.3 Å². The highest BCUT2D eigenvalue weighted by atomic mass is 32.1. The Bertz CT molecular complexity index is 540. The summed E-state index contributed by atoms with van der Waals surface area (Å²) in [4.78, 5) is 3.45. The summed E-state index contributed by atoms with van der Waals surface area (Å²) in [5.74, 6) is 0. The number of nitrogens with zero attached hydrogens (tertiary/aromatic N) is 1. The van der Waals surface area contributed by atoms with Gasteiger partial charge in [-0.05, 0) is 31.0 Å². The highest BCUT2D eigenvalue weighted by Gasteiger charge is 2.22. The van der Waals surface area contributed by atoms with Gasteiger partial charge in [-0.25, -0.2) is 8.78 Å². The summed E-state index contributed by atoms with van der Waals surface area (Å²) in [7, 11) is 2.02. The molecule has 2 N–H and O–H groups in total. The number of thiophene rings is 1. The van der Waals surface area contributed by atoms with Crippen molar-refractivity contribution in [1.82, 2.24) is 4.90 Å². The van der Waals surface area contributed by atoms with Crippen molar-refractivity contribution < 1.29 is 8.78 Å². The number of benzene rings is 1. The molecule has 0 aliphatic heterocycles. The van der Waals surface area contributed by atoms with Gasteiger partial charge in [-0.2, -0.15) is 0 Å². The lowest BCUT2D eigenvalue weighted by molar-refractivity contribution is 0.151. The standard InChI is InChI=1S/C16H20F2N2S/c1-11(15-4-3-9-21-15)20(2)14(10-19)12-5-7-13(8-6-12)16(17)18/h3-9,11,14,16H,10,19H2,1-2H3. The van der Waals surface area contributed by atoms with Crippen molar-refractivity contribution in [2.24, 2.45) is 5.73 Å². The van der Waals surface area contributed by atoms with Crippen LogP contribution in [0.25, 0.3) is 0 Å². The number of hydrogen-bond acceptors (Lipinski definition) is 3. The van der Waals surface area contributed by atoms with E-state index in [0.29, 0.717) is 6.54 Å². The maximum Gasteiger partial charge on any atom is 0.263 e. The molecule has 0 bridgehead atoms. The first-order chi connectivity index (χ1) is 10.0. The molecule has 1 aromatic carbocycles. The van der Waals surface area contributed by atoms with E-state index in [-0.39, 0.29) is 17.6 Å². The minimum absolute atomic E-state index is 0.00817. The Hall–Kier alpha value is -1.30. The SMILES string of the molecule is CC(c1cccs1)N(C)C(CN)c1ccc(C(F)F)cc1. The van der Waals surface area contributed by atoms with Crippen LogP contribution in [0.15, 0.2) is 41.8 Å². The van der Waals surface area contributed by atoms with Crippen molar-refractivity contribution >= 4 is 11.3 Å². The van der Waals surface area contributed by atoms with E-state index in [4.69, 9.17) is 5.73 Å². The maximum atomic E-state index is 12.6. The van der Waals surface area contributed by atoms with E-state index in [1.807, 2.05) is 13.1 Å². The van der Waals surface area contributed by atoms with E-state index >= 15 is 0 Å². The lowest BCUT2D eigenvalue weighted by atomic mass is 10.0. The molecular formula is C16H20F2N2S. The molecule has 0 saturated heterocycles. The summed E-state index contributed by atoms with van der Waals surface area (Å²) < 4.78 is 25.2. The molecule has 2 unspecified atom stereocenters. The highest BCUT2D eigenvalue weighted by Crippen LogP contribution is 2.31. The minimum atomic E-state index is -2.43. The average Bonchev–Trinajstić information content (AvgIpc) is 3.01. The average molecular weight is 310 g/mol. The number of likely N-dealkylation sites (N-methyl/N-ethyl adjacent to an activating group) is 1. The summed E-state index contributed by atoms with van der Waals surface area (Å²) in [5.41, 5.74) is 6.92. The fourth-order valence-electron chi connectivity index (χ4n) is 2.40. The summed E-state index contributed by atoms with van der Waals surface area (Å²) in [6.45, 7) is 2.57. The molecule has 2 aromatic rings. The van der Waals surface area contributed by atoms with Crippen molar-refractivity contribution in [3.05, 3.63) is 57.8 Å². The van der Waals surface area contributed by atoms with Crippen LogP contribution in [0.5, 0.6) is 0 Å². The first kappa shape index (κ1) is 16.1. The number of alkyl halides is 2. The van der Waals surface area contributed by atoms with Gasteiger partial charge < -0.3 is 5.73 Å². The van der Waals surface area contributed by atoms with Crippen LogP contribution >= 0.6 is 11.3 Å². The van der Waals surface area contributed by atoms with Gasteiger partial charge in [0.05, 0.1) is 0 Å². The predicted octanol–water partition coefficient (Wildman–Crippen LogP) is 4.38. The Labute approximate surface area is 128 Å². The molecular weight excluding hydrogens is 290 g/mol. The number of halogens is 2. The van der Waals surface area contributed by atoms with Gasteiger partial charge >= 0.3 is 0 Å². The molecule has 2 atom stereocenters. The zero-order chi connectivity index (χ0) is 15.4. The van der Waals surface area contributed by atoms with Gasteiger partial charge in [0.15, 0.2) is 0 Å². The monoisotopic (exact) mass is 310 g/mol. The molecule has 0 radical (unpaired) electrons. The molecule has 0 fully saturated rings. The molecule has 2 rings (SSSR count). The quantitative estimate of drug-likeness (QED) is 0.858. The van der Waals surface area contributed by atoms with Crippen molar-refractivity contribution in [2.75, 3.05) is 13.6 Å². The molecule has 21 heavy (non-hydrogen) atoms. The second kappa shape index (κ2) is 7.11. The Kier molecular flexibility index (Phi) is 5.45. The van der Waals surface area contributed by atoms with Crippen molar-refractivity contribution in [3.63, 3.8) is 0 Å². The van der Waals surface area contributed by atoms with Gasteiger partial charge in [0.25, 0.3) is 6.43 Å². The first-order valence-electron chi connectivity index (χ1n) is 6.88. The van der Waals surface area contributed by atoms with Crippen LogP contribution in [-0.4, -0.2) is 18.5 Å². The summed E-state index contributed by atoms with van der Waals surface area (Å²) in [6, 6.07) is 10.8. The fraction of sp³-hybridized carbons (Fsp3) is 0.375. The second-order valence-corrected chi connectivity index (χ2v) is 6.05. The molecule has 0 saturated carbocycles. The number of rotatable bonds is 6. The van der Waals surface area contributed by atoms with Crippen molar-refractivity contribution in [1.29, 1.82) is 0 Å². The summed E-state index contributed by atoms with van der Waals surface area (Å²) in [6.07, 6.45) is -2.43. The first-order valence-corrected chi connectivity index (χ1v) is 7.76. The third-order valence-corrected chi connectivity index (χ3v) is 4.90. The number of hydrogen-bond donors (Lipinski definition) is 1. The number of nitrogens with two attached hydrogens (primary N) is 1. The zero-order valence-corrected chi connectivity index (χ0v) is 13.0. The lowest BCUT2D eigenvalue weighted by Gasteiger charge is -2.32. The van der Waals surface area contributed by atoms with Gasteiger partial charge in [-0.1, -0.05) is 30.3 Å². The van der Waals surface area contributed by atoms with Gasteiger partial charge in [-0.15, -0.1) is 11.3 Å². The van der Waals surface area contributed by atoms with Gasteiger partial charge in [0, 0.05) is 29.1 Å². The van der Waals surface area contributed by atoms with E-state index in [0.717, 1.165) is 5.56 Å². The Balaban J connectivity index is 2.18. The van der Waals surface area contributed by atoms with E-state index < -0.39 is 6.43 Å².